The minimum Gasteiger partial charge on any atom is -0.465 e. The zero-order chi connectivity index (χ0) is 13.0. The van der Waals surface area contributed by atoms with E-state index in [4.69, 9.17) is 4.42 Å². The Kier molecular flexibility index (Phi) is 4.03. The number of hydrogen-bond acceptors (Lipinski definition) is 6. The monoisotopic (exact) mass is 240 g/mol. The Hall–Kier alpha value is -2.11. The summed E-state index contributed by atoms with van der Waals surface area (Å²) in [5, 5.41) is 0. The molecule has 0 aliphatic carbocycles. The van der Waals surface area contributed by atoms with Crippen LogP contribution in [0.1, 0.15) is 32.2 Å². The van der Waals surface area contributed by atoms with Crippen LogP contribution in [0.25, 0.3) is 0 Å². The van der Waals surface area contributed by atoms with E-state index in [9.17, 15) is 14.4 Å². The van der Waals surface area contributed by atoms with Crippen molar-refractivity contribution in [3.05, 3.63) is 22.6 Å². The van der Waals surface area contributed by atoms with Gasteiger partial charge in [0.25, 0.3) is 0 Å². The molecule has 0 saturated carbocycles. The summed E-state index contributed by atoms with van der Waals surface area (Å²) < 4.78 is 14.2. The lowest BCUT2D eigenvalue weighted by molar-refractivity contribution is -0.107. The van der Waals surface area contributed by atoms with Crippen LogP contribution < -0.4 is 0 Å². The van der Waals surface area contributed by atoms with Crippen molar-refractivity contribution in [1.29, 1.82) is 0 Å². The lowest BCUT2D eigenvalue weighted by Crippen LogP contribution is -2.11. The maximum atomic E-state index is 11.6. The largest absolute Gasteiger partial charge is 0.465 e. The molecule has 0 radical (unpaired) electrons. The van der Waals surface area contributed by atoms with Crippen molar-refractivity contribution in [2.75, 3.05) is 14.2 Å². The van der Waals surface area contributed by atoms with Gasteiger partial charge in [0.1, 0.15) is 17.6 Å². The number of aldehydes is 1. The summed E-state index contributed by atoms with van der Waals surface area (Å²) in [6, 6.07) is 0. The zero-order valence-corrected chi connectivity index (χ0v) is 9.73. The molecule has 0 spiro atoms. The molecule has 0 saturated heterocycles. The summed E-state index contributed by atoms with van der Waals surface area (Å²) in [6.07, 6.45) is 0.585. The molecule has 0 unspecified atom stereocenters. The second kappa shape index (κ2) is 5.29. The van der Waals surface area contributed by atoms with Crippen LogP contribution >= 0.6 is 0 Å². The van der Waals surface area contributed by atoms with Crippen LogP contribution in [0.15, 0.2) is 4.42 Å². The van der Waals surface area contributed by atoms with Crippen LogP contribution in [0.3, 0.4) is 0 Å². The van der Waals surface area contributed by atoms with E-state index in [2.05, 4.69) is 9.47 Å². The maximum Gasteiger partial charge on any atom is 0.374 e. The molecule has 6 heteroatoms. The van der Waals surface area contributed by atoms with E-state index >= 15 is 0 Å². The van der Waals surface area contributed by atoms with Gasteiger partial charge < -0.3 is 18.7 Å². The first kappa shape index (κ1) is 13.0. The first-order chi connectivity index (χ1) is 8.06. The topological polar surface area (TPSA) is 82.8 Å². The number of esters is 2. The molecule has 0 N–H and O–H groups in total. The Morgan fingerprint density at radius 1 is 1.24 bits per heavy atom. The van der Waals surface area contributed by atoms with Gasteiger partial charge in [0.15, 0.2) is 0 Å². The van der Waals surface area contributed by atoms with Gasteiger partial charge >= 0.3 is 11.9 Å². The van der Waals surface area contributed by atoms with Crippen LogP contribution in [0.2, 0.25) is 0 Å². The highest BCUT2D eigenvalue weighted by Gasteiger charge is 2.29. The van der Waals surface area contributed by atoms with E-state index in [0.717, 1.165) is 0 Å². The Balaban J connectivity index is 3.40. The second-order valence-electron chi connectivity index (χ2n) is 3.19. The molecule has 0 aromatic carbocycles. The third-order valence-corrected chi connectivity index (χ3v) is 2.26. The van der Waals surface area contributed by atoms with E-state index in [-0.39, 0.29) is 17.7 Å². The van der Waals surface area contributed by atoms with E-state index in [1.807, 2.05) is 0 Å². The van der Waals surface area contributed by atoms with Gasteiger partial charge in [-0.25, -0.2) is 9.59 Å². The highest BCUT2D eigenvalue weighted by atomic mass is 16.5. The number of carbonyl (C=O) groups is 3. The third kappa shape index (κ3) is 2.35. The average Bonchev–Trinajstić information content (AvgIpc) is 2.65. The Morgan fingerprint density at radius 3 is 2.29 bits per heavy atom. The molecule has 0 bridgehead atoms. The van der Waals surface area contributed by atoms with Gasteiger partial charge in [-0.1, -0.05) is 0 Å². The normalized spacial score (nSPS) is 9.82. The van der Waals surface area contributed by atoms with E-state index in [1.165, 1.54) is 14.2 Å². The van der Waals surface area contributed by atoms with Crippen molar-refractivity contribution in [3.8, 4) is 0 Å². The predicted molar refractivity (Wildman–Crippen MR) is 55.9 cm³/mol. The summed E-state index contributed by atoms with van der Waals surface area (Å²) in [5.41, 5.74) is 0.288. The fourth-order valence-electron chi connectivity index (χ4n) is 1.46. The molecular formula is C11H12O6. The number of carbonyl (C=O) groups excluding carboxylic acids is 3. The molecule has 1 aromatic heterocycles. The summed E-state index contributed by atoms with van der Waals surface area (Å²) in [7, 11) is 2.34. The fraction of sp³-hybridized carbons (Fsp3) is 0.364. The first-order valence-electron chi connectivity index (χ1n) is 4.79. The molecule has 0 aliphatic rings. The van der Waals surface area contributed by atoms with Crippen LogP contribution in [0.4, 0.5) is 0 Å². The Bertz CT molecular complexity index is 457. The number of furan rings is 1. The number of rotatable bonds is 4. The highest BCUT2D eigenvalue weighted by molar-refractivity contribution is 6.03. The van der Waals surface area contributed by atoms with E-state index in [0.29, 0.717) is 17.6 Å². The van der Waals surface area contributed by atoms with Gasteiger partial charge in [0.05, 0.1) is 14.2 Å². The minimum atomic E-state index is -0.786. The fourth-order valence-corrected chi connectivity index (χ4v) is 1.46. The first-order valence-corrected chi connectivity index (χ1v) is 4.79. The zero-order valence-electron chi connectivity index (χ0n) is 9.73. The van der Waals surface area contributed by atoms with Crippen molar-refractivity contribution >= 4 is 18.2 Å². The molecule has 0 aliphatic heterocycles. The van der Waals surface area contributed by atoms with Crippen molar-refractivity contribution in [3.63, 3.8) is 0 Å². The molecule has 17 heavy (non-hydrogen) atoms. The summed E-state index contributed by atoms with van der Waals surface area (Å²) in [5.74, 6) is -1.45. The van der Waals surface area contributed by atoms with Crippen molar-refractivity contribution in [2.24, 2.45) is 0 Å². The number of aryl methyl sites for hydroxylation is 1. The Labute approximate surface area is 97.5 Å². The van der Waals surface area contributed by atoms with Crippen LogP contribution in [0, 0.1) is 6.92 Å². The van der Waals surface area contributed by atoms with Gasteiger partial charge in [-0.15, -0.1) is 0 Å². The Morgan fingerprint density at radius 2 is 1.82 bits per heavy atom. The number of ether oxygens (including phenoxy) is 2. The smallest absolute Gasteiger partial charge is 0.374 e. The molecule has 1 rings (SSSR count). The summed E-state index contributed by atoms with van der Waals surface area (Å²) in [6.45, 7) is 1.55. The van der Waals surface area contributed by atoms with Crippen LogP contribution in [-0.4, -0.2) is 32.4 Å². The van der Waals surface area contributed by atoms with Gasteiger partial charge in [-0.2, -0.15) is 0 Å². The quantitative estimate of drug-likeness (QED) is 0.574. The molecule has 1 aromatic rings. The molecule has 0 atom stereocenters. The second-order valence-corrected chi connectivity index (χ2v) is 3.19. The van der Waals surface area contributed by atoms with E-state index in [1.54, 1.807) is 6.92 Å². The standard InChI is InChI=1S/C11H12O6/c1-6-7(4-5-12)8(10(13)15-2)9(17-6)11(14)16-3/h5H,4H2,1-3H3. The highest BCUT2D eigenvalue weighted by Crippen LogP contribution is 2.24. The van der Waals surface area contributed by atoms with Gasteiger partial charge in [0, 0.05) is 12.0 Å². The van der Waals surface area contributed by atoms with Gasteiger partial charge in [-0.05, 0) is 6.92 Å². The van der Waals surface area contributed by atoms with Crippen molar-refractivity contribution in [2.45, 2.75) is 13.3 Å². The maximum absolute atomic E-state index is 11.6. The number of hydrogen-bond donors (Lipinski definition) is 0. The lowest BCUT2D eigenvalue weighted by atomic mass is 10.1. The van der Waals surface area contributed by atoms with Gasteiger partial charge in [0.2, 0.25) is 5.76 Å². The lowest BCUT2D eigenvalue weighted by Gasteiger charge is -2.00. The molecule has 1 heterocycles. The minimum absolute atomic E-state index is 0.0310. The third-order valence-electron chi connectivity index (χ3n) is 2.26. The average molecular weight is 240 g/mol. The van der Waals surface area contributed by atoms with Gasteiger partial charge in [-0.3, -0.25) is 0 Å². The van der Waals surface area contributed by atoms with E-state index < -0.39 is 11.9 Å². The molecular weight excluding hydrogens is 228 g/mol. The van der Waals surface area contributed by atoms with Crippen molar-refractivity contribution < 1.29 is 28.3 Å². The molecule has 92 valence electrons. The molecule has 0 amide bonds. The summed E-state index contributed by atoms with van der Waals surface area (Å²) >= 11 is 0. The molecule has 0 fully saturated rings. The number of methoxy groups -OCH3 is 2. The van der Waals surface area contributed by atoms with Crippen LogP contribution in [0.5, 0.6) is 0 Å². The summed E-state index contributed by atoms with van der Waals surface area (Å²) in [4.78, 5) is 33.5. The van der Waals surface area contributed by atoms with Crippen LogP contribution in [-0.2, 0) is 20.7 Å². The van der Waals surface area contributed by atoms with Crippen molar-refractivity contribution in [1.82, 2.24) is 0 Å². The SMILES string of the molecule is COC(=O)c1oc(C)c(CC=O)c1C(=O)OC. The predicted octanol–water partition coefficient (Wildman–Crippen LogP) is 0.903. The molecule has 6 nitrogen and oxygen atoms in total.